The zero-order chi connectivity index (χ0) is 12.5. The Hall–Kier alpha value is -2.20. The summed E-state index contributed by atoms with van der Waals surface area (Å²) in [5.41, 5.74) is -0.0515. The van der Waals surface area contributed by atoms with Gasteiger partial charge in [-0.05, 0) is 24.5 Å². The number of hydrogen-bond acceptors (Lipinski definition) is 5. The van der Waals surface area contributed by atoms with Crippen molar-refractivity contribution in [3.63, 3.8) is 0 Å². The lowest BCUT2D eigenvalue weighted by Crippen LogP contribution is -2.04. The number of aliphatic imine (C=N–C) groups is 1. The molecule has 2 rings (SSSR count). The van der Waals surface area contributed by atoms with E-state index in [9.17, 15) is 14.9 Å². The summed E-state index contributed by atoms with van der Waals surface area (Å²) in [6, 6.07) is 4.63. The maximum absolute atomic E-state index is 10.9. The molecule has 0 saturated heterocycles. The smallest absolute Gasteiger partial charge is 0.311 e. The van der Waals surface area contributed by atoms with Crippen molar-refractivity contribution >= 4 is 11.8 Å². The second kappa shape index (κ2) is 3.99. The van der Waals surface area contributed by atoms with Crippen LogP contribution in [0.3, 0.4) is 0 Å². The van der Waals surface area contributed by atoms with Gasteiger partial charge in [0.25, 0.3) is 0 Å². The van der Waals surface area contributed by atoms with Crippen molar-refractivity contribution in [2.75, 3.05) is 7.11 Å². The number of rotatable bonds is 4. The molecule has 0 aromatic heterocycles. The Kier molecular flexibility index (Phi) is 2.65. The van der Waals surface area contributed by atoms with Gasteiger partial charge in [-0.15, -0.1) is 0 Å². The molecule has 0 aliphatic heterocycles. The van der Waals surface area contributed by atoms with Crippen LogP contribution in [0.4, 0.5) is 5.69 Å². The van der Waals surface area contributed by atoms with Gasteiger partial charge in [-0.25, -0.2) is 4.79 Å². The van der Waals surface area contributed by atoms with E-state index in [1.807, 2.05) is 0 Å². The third-order valence-electron chi connectivity index (χ3n) is 2.90. The lowest BCUT2D eigenvalue weighted by Gasteiger charge is -2.09. The normalized spacial score (nSPS) is 15.8. The molecule has 0 bridgehead atoms. The SMILES string of the molecule is COc1ccc(C2(N=C=O)CC2)cc1[N+](=O)[O-]. The van der Waals surface area contributed by atoms with E-state index in [-0.39, 0.29) is 11.4 Å². The van der Waals surface area contributed by atoms with Crippen LogP contribution in [-0.2, 0) is 10.3 Å². The summed E-state index contributed by atoms with van der Waals surface area (Å²) < 4.78 is 4.91. The third kappa shape index (κ3) is 1.90. The summed E-state index contributed by atoms with van der Waals surface area (Å²) >= 11 is 0. The highest BCUT2D eigenvalue weighted by Crippen LogP contribution is 2.50. The molecule has 1 aliphatic carbocycles. The molecule has 1 aliphatic rings. The van der Waals surface area contributed by atoms with Crippen LogP contribution in [0.25, 0.3) is 0 Å². The molecule has 88 valence electrons. The molecule has 1 saturated carbocycles. The molecule has 0 heterocycles. The van der Waals surface area contributed by atoms with E-state index >= 15 is 0 Å². The van der Waals surface area contributed by atoms with Crippen LogP contribution >= 0.6 is 0 Å². The first kappa shape index (κ1) is 11.3. The van der Waals surface area contributed by atoms with Crippen LogP contribution in [0, 0.1) is 10.1 Å². The summed E-state index contributed by atoms with van der Waals surface area (Å²) in [7, 11) is 1.37. The predicted octanol–water partition coefficient (Wildman–Crippen LogP) is 1.93. The molecule has 0 radical (unpaired) electrons. The number of benzene rings is 1. The number of carbonyl (C=O) groups excluding carboxylic acids is 1. The quantitative estimate of drug-likeness (QED) is 0.345. The topological polar surface area (TPSA) is 81.8 Å². The van der Waals surface area contributed by atoms with Crippen molar-refractivity contribution in [2.45, 2.75) is 18.4 Å². The first-order valence-corrected chi connectivity index (χ1v) is 5.05. The van der Waals surface area contributed by atoms with Crippen molar-refractivity contribution < 1.29 is 14.5 Å². The number of hydrogen-bond donors (Lipinski definition) is 0. The zero-order valence-corrected chi connectivity index (χ0v) is 9.17. The lowest BCUT2D eigenvalue weighted by atomic mass is 10.0. The van der Waals surface area contributed by atoms with Gasteiger partial charge in [-0.3, -0.25) is 10.1 Å². The fourth-order valence-electron chi connectivity index (χ4n) is 1.79. The highest BCUT2D eigenvalue weighted by molar-refractivity contribution is 5.52. The minimum Gasteiger partial charge on any atom is -0.490 e. The maximum Gasteiger partial charge on any atom is 0.311 e. The highest BCUT2D eigenvalue weighted by atomic mass is 16.6. The van der Waals surface area contributed by atoms with Crippen molar-refractivity contribution in [1.29, 1.82) is 0 Å². The number of methoxy groups -OCH3 is 1. The van der Waals surface area contributed by atoms with Gasteiger partial charge in [0.05, 0.1) is 17.6 Å². The number of ether oxygens (including phenoxy) is 1. The predicted molar refractivity (Wildman–Crippen MR) is 58.7 cm³/mol. The van der Waals surface area contributed by atoms with Gasteiger partial charge in [0.15, 0.2) is 5.75 Å². The molecular formula is C11H10N2O4. The van der Waals surface area contributed by atoms with Gasteiger partial charge >= 0.3 is 5.69 Å². The summed E-state index contributed by atoms with van der Waals surface area (Å²) in [5, 5.41) is 10.9. The fourth-order valence-corrected chi connectivity index (χ4v) is 1.79. The number of nitro benzene ring substituents is 1. The molecule has 0 spiro atoms. The Labute approximate surface area is 97.1 Å². The second-order valence-corrected chi connectivity index (χ2v) is 3.88. The molecule has 0 atom stereocenters. The summed E-state index contributed by atoms with van der Waals surface area (Å²) in [6.45, 7) is 0. The minimum absolute atomic E-state index is 0.114. The van der Waals surface area contributed by atoms with Crippen LogP contribution in [0.5, 0.6) is 5.75 Å². The number of isocyanates is 1. The zero-order valence-electron chi connectivity index (χ0n) is 9.17. The van der Waals surface area contributed by atoms with Gasteiger partial charge in [-0.2, -0.15) is 4.99 Å². The van der Waals surface area contributed by atoms with E-state index in [1.165, 1.54) is 25.3 Å². The Morgan fingerprint density at radius 2 is 2.24 bits per heavy atom. The third-order valence-corrected chi connectivity index (χ3v) is 2.90. The Morgan fingerprint density at radius 3 is 2.71 bits per heavy atom. The highest BCUT2D eigenvalue weighted by Gasteiger charge is 2.45. The van der Waals surface area contributed by atoms with Crippen LogP contribution in [0.15, 0.2) is 23.2 Å². The molecule has 0 N–H and O–H groups in total. The largest absolute Gasteiger partial charge is 0.490 e. The average molecular weight is 234 g/mol. The van der Waals surface area contributed by atoms with E-state index in [1.54, 1.807) is 6.07 Å². The Bertz CT molecular complexity index is 516. The monoisotopic (exact) mass is 234 g/mol. The molecule has 6 nitrogen and oxygen atoms in total. The van der Waals surface area contributed by atoms with Gasteiger partial charge in [-0.1, -0.05) is 6.07 Å². The van der Waals surface area contributed by atoms with Crippen LogP contribution in [0.2, 0.25) is 0 Å². The lowest BCUT2D eigenvalue weighted by molar-refractivity contribution is -0.385. The van der Waals surface area contributed by atoms with Crippen LogP contribution < -0.4 is 4.74 Å². The van der Waals surface area contributed by atoms with Crippen LogP contribution in [0.1, 0.15) is 18.4 Å². The standard InChI is InChI=1S/C11H10N2O4/c1-17-10-3-2-8(6-9(10)13(15)16)11(4-5-11)12-7-14/h2-3,6H,4-5H2,1H3. The van der Waals surface area contributed by atoms with E-state index in [2.05, 4.69) is 4.99 Å². The van der Waals surface area contributed by atoms with E-state index < -0.39 is 10.5 Å². The van der Waals surface area contributed by atoms with E-state index in [4.69, 9.17) is 4.74 Å². The van der Waals surface area contributed by atoms with Gasteiger partial charge in [0.1, 0.15) is 0 Å². The molecule has 0 amide bonds. The maximum atomic E-state index is 10.9. The van der Waals surface area contributed by atoms with E-state index in [0.29, 0.717) is 18.4 Å². The summed E-state index contributed by atoms with van der Waals surface area (Å²) in [4.78, 5) is 24.4. The Balaban J connectivity index is 2.48. The first-order valence-electron chi connectivity index (χ1n) is 5.05. The molecule has 17 heavy (non-hydrogen) atoms. The van der Waals surface area contributed by atoms with Gasteiger partial charge in [0, 0.05) is 6.07 Å². The van der Waals surface area contributed by atoms with Crippen molar-refractivity contribution in [3.05, 3.63) is 33.9 Å². The summed E-state index contributed by atoms with van der Waals surface area (Å²) in [5.74, 6) is 0.199. The molecular weight excluding hydrogens is 224 g/mol. The molecule has 1 aromatic carbocycles. The number of nitro groups is 1. The fraction of sp³-hybridized carbons (Fsp3) is 0.364. The first-order chi connectivity index (χ1) is 8.13. The van der Waals surface area contributed by atoms with Crippen molar-refractivity contribution in [2.24, 2.45) is 4.99 Å². The van der Waals surface area contributed by atoms with Crippen LogP contribution in [-0.4, -0.2) is 18.1 Å². The average Bonchev–Trinajstić information content (AvgIpc) is 3.09. The van der Waals surface area contributed by atoms with E-state index in [0.717, 1.165) is 0 Å². The van der Waals surface area contributed by atoms with Gasteiger partial charge < -0.3 is 4.74 Å². The van der Waals surface area contributed by atoms with Crippen molar-refractivity contribution in [1.82, 2.24) is 0 Å². The van der Waals surface area contributed by atoms with Gasteiger partial charge in [0.2, 0.25) is 6.08 Å². The molecule has 1 aromatic rings. The molecule has 1 fully saturated rings. The molecule has 6 heteroatoms. The van der Waals surface area contributed by atoms with Crippen molar-refractivity contribution in [3.8, 4) is 5.75 Å². The minimum atomic E-state index is -0.598. The summed E-state index contributed by atoms with van der Waals surface area (Å²) in [6.07, 6.45) is 2.95. The number of nitrogens with zero attached hydrogens (tertiary/aromatic N) is 2. The Morgan fingerprint density at radius 1 is 1.53 bits per heavy atom. The molecule has 0 unspecified atom stereocenters. The second-order valence-electron chi connectivity index (χ2n) is 3.88.